The molecule has 0 spiro atoms. The number of hydrogen-bond acceptors (Lipinski definition) is 5. The van der Waals surface area contributed by atoms with Gasteiger partial charge in [0.15, 0.2) is 0 Å². The van der Waals surface area contributed by atoms with Gasteiger partial charge in [-0.1, -0.05) is 13.8 Å². The van der Waals surface area contributed by atoms with Crippen LogP contribution in [0.2, 0.25) is 0 Å². The zero-order valence-electron chi connectivity index (χ0n) is 20.3. The highest BCUT2D eigenvalue weighted by Gasteiger charge is 2.67. The number of carbonyl (C=O) groups excluding carboxylic acids is 1. The third-order valence-electron chi connectivity index (χ3n) is 10.7. The summed E-state index contributed by atoms with van der Waals surface area (Å²) >= 11 is 0. The van der Waals surface area contributed by atoms with Gasteiger partial charge in [-0.3, -0.25) is 4.79 Å². The van der Waals surface area contributed by atoms with Crippen LogP contribution in [0.5, 0.6) is 0 Å². The first-order valence-corrected chi connectivity index (χ1v) is 13.0. The first kappa shape index (κ1) is 23.1. The predicted octanol–water partition coefficient (Wildman–Crippen LogP) is 3.71. The van der Waals surface area contributed by atoms with Crippen molar-refractivity contribution >= 4 is 5.91 Å². The van der Waals surface area contributed by atoms with Crippen molar-refractivity contribution in [3.05, 3.63) is 34.4 Å². The maximum absolute atomic E-state index is 12.3. The van der Waals surface area contributed by atoms with Crippen LogP contribution in [0.3, 0.4) is 0 Å². The summed E-state index contributed by atoms with van der Waals surface area (Å²) in [6, 6.07) is 3.16. The van der Waals surface area contributed by atoms with Gasteiger partial charge in [-0.25, -0.2) is 4.79 Å². The van der Waals surface area contributed by atoms with Crippen LogP contribution in [0.1, 0.15) is 90.0 Å². The van der Waals surface area contributed by atoms with Crippen molar-refractivity contribution in [3.8, 4) is 0 Å². The standard InChI is InChI=1S/C27H40N2O4/c1-16(28)24(31)29-19-8-11-25(2)18(14-19)5-6-22-21(25)9-12-26(3)20(10-13-27(22,26)32)17-4-7-23(30)33-15-17/h4,7,15-16,18-22,32H,5-6,8-14,28H2,1-3H3,(H,29,31)/t16-,18-,19+,20-,21+,22-,25+,26-,27+/m1/s1. The fourth-order valence-electron chi connectivity index (χ4n) is 8.79. The van der Waals surface area contributed by atoms with Crippen LogP contribution in [0.4, 0.5) is 0 Å². The lowest BCUT2D eigenvalue weighted by atomic mass is 9.43. The van der Waals surface area contributed by atoms with Crippen molar-refractivity contribution < 1.29 is 14.3 Å². The molecule has 0 saturated heterocycles. The second-order valence-corrected chi connectivity index (χ2v) is 12.1. The number of rotatable bonds is 3. The molecule has 4 aliphatic rings. The van der Waals surface area contributed by atoms with Crippen molar-refractivity contribution in [3.63, 3.8) is 0 Å². The van der Waals surface area contributed by atoms with E-state index in [0.29, 0.717) is 17.8 Å². The number of aliphatic hydroxyl groups is 1. The minimum Gasteiger partial charge on any atom is -0.431 e. The van der Waals surface area contributed by atoms with Crippen LogP contribution in [0.25, 0.3) is 0 Å². The Kier molecular flexibility index (Phi) is 5.56. The second-order valence-electron chi connectivity index (χ2n) is 12.1. The van der Waals surface area contributed by atoms with Crippen LogP contribution < -0.4 is 16.7 Å². The fourth-order valence-corrected chi connectivity index (χ4v) is 8.79. The topological polar surface area (TPSA) is 106 Å². The summed E-state index contributed by atoms with van der Waals surface area (Å²) in [7, 11) is 0. The molecule has 0 unspecified atom stereocenters. The van der Waals surface area contributed by atoms with Crippen molar-refractivity contribution in [2.75, 3.05) is 0 Å². The summed E-state index contributed by atoms with van der Waals surface area (Å²) in [6.07, 6.45) is 10.8. The monoisotopic (exact) mass is 456 g/mol. The first-order valence-electron chi connectivity index (χ1n) is 13.0. The molecule has 0 aliphatic heterocycles. The third-order valence-corrected chi connectivity index (χ3v) is 10.7. The molecule has 9 atom stereocenters. The minimum absolute atomic E-state index is 0.0474. The maximum Gasteiger partial charge on any atom is 0.335 e. The molecule has 5 rings (SSSR count). The molecule has 4 saturated carbocycles. The molecule has 6 nitrogen and oxygen atoms in total. The van der Waals surface area contributed by atoms with Gasteiger partial charge in [0, 0.05) is 17.5 Å². The van der Waals surface area contributed by atoms with Crippen LogP contribution in [0, 0.1) is 28.6 Å². The number of nitrogens with one attached hydrogen (secondary N) is 1. The summed E-state index contributed by atoms with van der Waals surface area (Å²) < 4.78 is 5.20. The van der Waals surface area contributed by atoms with Crippen molar-refractivity contribution in [1.29, 1.82) is 0 Å². The van der Waals surface area contributed by atoms with E-state index in [1.54, 1.807) is 13.2 Å². The van der Waals surface area contributed by atoms with Gasteiger partial charge in [0.05, 0.1) is 17.9 Å². The van der Waals surface area contributed by atoms with E-state index in [1.165, 1.54) is 6.07 Å². The lowest BCUT2D eigenvalue weighted by Gasteiger charge is -2.63. The van der Waals surface area contributed by atoms with E-state index in [1.807, 2.05) is 6.07 Å². The summed E-state index contributed by atoms with van der Waals surface area (Å²) in [5, 5.41) is 15.5. The summed E-state index contributed by atoms with van der Waals surface area (Å²) in [6.45, 7) is 6.48. The van der Waals surface area contributed by atoms with Gasteiger partial charge in [0.1, 0.15) is 0 Å². The van der Waals surface area contributed by atoms with Crippen LogP contribution in [-0.4, -0.2) is 28.7 Å². The number of carbonyl (C=O) groups is 1. The highest BCUT2D eigenvalue weighted by atomic mass is 16.4. The molecular formula is C27H40N2O4. The number of amides is 1. The Bertz CT molecular complexity index is 955. The lowest BCUT2D eigenvalue weighted by Crippen LogP contribution is -2.62. The average Bonchev–Trinajstić information content (AvgIpc) is 3.06. The molecule has 1 amide bonds. The molecule has 1 aromatic heterocycles. The van der Waals surface area contributed by atoms with Crippen molar-refractivity contribution in [2.24, 2.45) is 34.3 Å². The van der Waals surface area contributed by atoms with Gasteiger partial charge in [0.25, 0.3) is 0 Å². The molecule has 0 bridgehead atoms. The third kappa shape index (κ3) is 3.43. The van der Waals surface area contributed by atoms with Gasteiger partial charge >= 0.3 is 5.63 Å². The Balaban J connectivity index is 1.37. The number of nitrogens with two attached hydrogens (primary N) is 1. The molecule has 4 aliphatic carbocycles. The van der Waals surface area contributed by atoms with E-state index in [2.05, 4.69) is 19.2 Å². The molecule has 4 fully saturated rings. The smallest absolute Gasteiger partial charge is 0.335 e. The molecule has 1 heterocycles. The zero-order chi connectivity index (χ0) is 23.6. The van der Waals surface area contributed by atoms with Gasteiger partial charge in [-0.15, -0.1) is 0 Å². The SMILES string of the molecule is C[C@@H](N)C(=O)N[C@H]1CC[C@@]2(C)[C@H](CC[C@@H]3[C@@H]2CC[C@]2(C)[C@@H](c4ccc(=O)oc4)CC[C@]32O)C1. The molecule has 182 valence electrons. The van der Waals surface area contributed by atoms with Crippen molar-refractivity contribution in [1.82, 2.24) is 5.32 Å². The summed E-state index contributed by atoms with van der Waals surface area (Å²) in [5.74, 6) is 1.59. The van der Waals surface area contributed by atoms with E-state index < -0.39 is 11.6 Å². The maximum atomic E-state index is 12.3. The van der Waals surface area contributed by atoms with Gasteiger partial charge in [0.2, 0.25) is 5.91 Å². The summed E-state index contributed by atoms with van der Waals surface area (Å²) in [5.41, 5.74) is 5.85. The largest absolute Gasteiger partial charge is 0.431 e. The van der Waals surface area contributed by atoms with E-state index in [4.69, 9.17) is 10.2 Å². The molecule has 1 aromatic rings. The zero-order valence-corrected chi connectivity index (χ0v) is 20.3. The normalized spacial score (nSPS) is 45.4. The van der Waals surface area contributed by atoms with Gasteiger partial charge < -0.3 is 20.6 Å². The van der Waals surface area contributed by atoms with E-state index >= 15 is 0 Å². The highest BCUT2D eigenvalue weighted by Crippen LogP contribution is 2.70. The number of hydrogen-bond donors (Lipinski definition) is 3. The predicted molar refractivity (Wildman–Crippen MR) is 126 cm³/mol. The molecule has 33 heavy (non-hydrogen) atoms. The molecule has 0 aromatic carbocycles. The van der Waals surface area contributed by atoms with E-state index in [9.17, 15) is 14.7 Å². The Morgan fingerprint density at radius 2 is 1.91 bits per heavy atom. The van der Waals surface area contributed by atoms with E-state index in [0.717, 1.165) is 63.4 Å². The Morgan fingerprint density at radius 1 is 1.12 bits per heavy atom. The highest BCUT2D eigenvalue weighted by molar-refractivity contribution is 5.81. The number of fused-ring (bicyclic) bond motifs is 5. The lowest BCUT2D eigenvalue weighted by molar-refractivity contribution is -0.202. The Hall–Kier alpha value is -1.66. The van der Waals surface area contributed by atoms with Gasteiger partial charge in [-0.2, -0.15) is 0 Å². The van der Waals surface area contributed by atoms with E-state index in [-0.39, 0.29) is 34.3 Å². The minimum atomic E-state index is -0.676. The Labute approximate surface area is 196 Å². The second kappa shape index (κ2) is 7.94. The average molecular weight is 457 g/mol. The molecule has 0 radical (unpaired) electrons. The molecule has 4 N–H and O–H groups in total. The quantitative estimate of drug-likeness (QED) is 0.643. The molecular weight excluding hydrogens is 416 g/mol. The fraction of sp³-hybridized carbons (Fsp3) is 0.778. The first-order chi connectivity index (χ1) is 15.6. The Morgan fingerprint density at radius 3 is 2.61 bits per heavy atom. The van der Waals surface area contributed by atoms with Crippen molar-refractivity contribution in [2.45, 2.75) is 102 Å². The van der Waals surface area contributed by atoms with Crippen LogP contribution in [-0.2, 0) is 4.79 Å². The summed E-state index contributed by atoms with van der Waals surface area (Å²) in [4.78, 5) is 23.6. The van der Waals surface area contributed by atoms with Gasteiger partial charge in [-0.05, 0) is 105 Å². The van der Waals surface area contributed by atoms with Crippen LogP contribution >= 0.6 is 0 Å². The molecule has 6 heteroatoms. The van der Waals surface area contributed by atoms with Crippen LogP contribution in [0.15, 0.2) is 27.6 Å².